The van der Waals surface area contributed by atoms with E-state index in [1.54, 1.807) is 12.1 Å². The van der Waals surface area contributed by atoms with Crippen LogP contribution in [0.25, 0.3) is 0 Å². The van der Waals surface area contributed by atoms with E-state index in [9.17, 15) is 19.2 Å². The molecular formula is C11H7NO5. The van der Waals surface area contributed by atoms with E-state index < -0.39 is 23.6 Å². The minimum absolute atomic E-state index is 0.0194. The highest BCUT2D eigenvalue weighted by Crippen LogP contribution is 2.19. The van der Waals surface area contributed by atoms with Gasteiger partial charge in [0, 0.05) is 12.5 Å². The van der Waals surface area contributed by atoms with Crippen molar-refractivity contribution in [2.75, 3.05) is 0 Å². The summed E-state index contributed by atoms with van der Waals surface area (Å²) in [5.41, 5.74) is 0.0595. The molecule has 0 radical (unpaired) electrons. The average Bonchev–Trinajstić information content (AvgIpc) is 2.31. The number of benzene rings is 1. The lowest BCUT2D eigenvalue weighted by Crippen LogP contribution is -2.46. The Morgan fingerprint density at radius 2 is 1.65 bits per heavy atom. The van der Waals surface area contributed by atoms with Crippen LogP contribution in [0.2, 0.25) is 0 Å². The van der Waals surface area contributed by atoms with Crippen molar-refractivity contribution in [1.82, 2.24) is 5.06 Å². The van der Waals surface area contributed by atoms with Gasteiger partial charge in [-0.15, -0.1) is 0 Å². The Morgan fingerprint density at radius 1 is 1.06 bits per heavy atom. The van der Waals surface area contributed by atoms with Crippen LogP contribution in [0, 0.1) is 0 Å². The van der Waals surface area contributed by atoms with Crippen molar-refractivity contribution in [2.24, 2.45) is 0 Å². The zero-order valence-corrected chi connectivity index (χ0v) is 8.80. The van der Waals surface area contributed by atoms with Crippen LogP contribution in [-0.4, -0.2) is 28.6 Å². The highest BCUT2D eigenvalue weighted by atomic mass is 16.7. The lowest BCUT2D eigenvalue weighted by molar-refractivity contribution is -0.182. The smallest absolute Gasteiger partial charge is 0.330 e. The fourth-order valence-corrected chi connectivity index (χ4v) is 1.49. The zero-order chi connectivity index (χ0) is 12.6. The maximum atomic E-state index is 11.8. The minimum Gasteiger partial charge on any atom is -0.330 e. The minimum atomic E-state index is -1.16. The molecular weight excluding hydrogens is 226 g/mol. The molecule has 0 saturated heterocycles. The Balaban J connectivity index is 2.51. The Labute approximate surface area is 95.7 Å². The standard InChI is InChI=1S/C11H7NO5/c1-6(13)17-12-10(15)8-5-3-2-4-7(8)9(14)11(12)16/h2-5H,1H3. The predicted molar refractivity (Wildman–Crippen MR) is 53.7 cm³/mol. The molecule has 1 heterocycles. The summed E-state index contributed by atoms with van der Waals surface area (Å²) in [5, 5.41) is 0.187. The van der Waals surface area contributed by atoms with E-state index in [0.717, 1.165) is 6.92 Å². The molecule has 0 aliphatic carbocycles. The molecule has 17 heavy (non-hydrogen) atoms. The van der Waals surface area contributed by atoms with E-state index in [1.807, 2.05) is 0 Å². The van der Waals surface area contributed by atoms with Gasteiger partial charge in [0.2, 0.25) is 0 Å². The zero-order valence-electron chi connectivity index (χ0n) is 8.80. The average molecular weight is 233 g/mol. The molecule has 1 aliphatic heterocycles. The van der Waals surface area contributed by atoms with Crippen LogP contribution in [-0.2, 0) is 14.4 Å². The van der Waals surface area contributed by atoms with Crippen LogP contribution in [0.3, 0.4) is 0 Å². The molecule has 1 aliphatic rings. The van der Waals surface area contributed by atoms with Crippen LogP contribution in [0.15, 0.2) is 24.3 Å². The van der Waals surface area contributed by atoms with Crippen molar-refractivity contribution in [3.05, 3.63) is 35.4 Å². The summed E-state index contributed by atoms with van der Waals surface area (Å²) in [6, 6.07) is 5.85. The number of fused-ring (bicyclic) bond motifs is 1. The van der Waals surface area contributed by atoms with Gasteiger partial charge in [0.25, 0.3) is 11.7 Å². The molecule has 0 saturated carbocycles. The van der Waals surface area contributed by atoms with Crippen molar-refractivity contribution in [2.45, 2.75) is 6.92 Å². The summed E-state index contributed by atoms with van der Waals surface area (Å²) in [7, 11) is 0. The summed E-state index contributed by atoms with van der Waals surface area (Å²) in [4.78, 5) is 50.1. The first-order valence-electron chi connectivity index (χ1n) is 4.73. The fraction of sp³-hybridized carbons (Fsp3) is 0.0909. The monoisotopic (exact) mass is 233 g/mol. The lowest BCUT2D eigenvalue weighted by Gasteiger charge is -2.22. The number of hydroxylamine groups is 2. The third kappa shape index (κ3) is 1.69. The molecule has 6 nitrogen and oxygen atoms in total. The number of carbonyl (C=O) groups is 4. The first-order chi connectivity index (χ1) is 8.02. The number of carbonyl (C=O) groups excluding carboxylic acids is 4. The number of Topliss-reactive ketones (excluding diaryl/α,β-unsaturated/α-hetero) is 1. The normalized spacial score (nSPS) is 14.6. The Hall–Kier alpha value is -2.50. The van der Waals surface area contributed by atoms with Gasteiger partial charge in [-0.05, 0) is 6.07 Å². The molecule has 0 unspecified atom stereocenters. The van der Waals surface area contributed by atoms with Gasteiger partial charge in [0.1, 0.15) is 0 Å². The van der Waals surface area contributed by atoms with Crippen molar-refractivity contribution >= 4 is 23.6 Å². The second kappa shape index (κ2) is 3.82. The highest BCUT2D eigenvalue weighted by Gasteiger charge is 2.39. The summed E-state index contributed by atoms with van der Waals surface area (Å²) < 4.78 is 0. The van der Waals surface area contributed by atoms with Crippen molar-refractivity contribution < 1.29 is 24.0 Å². The number of amides is 2. The van der Waals surface area contributed by atoms with E-state index in [0.29, 0.717) is 0 Å². The van der Waals surface area contributed by atoms with E-state index in [4.69, 9.17) is 0 Å². The van der Waals surface area contributed by atoms with Crippen molar-refractivity contribution in [3.8, 4) is 0 Å². The predicted octanol–water partition coefficient (Wildman–Crippen LogP) is 0.330. The lowest BCUT2D eigenvalue weighted by atomic mass is 9.99. The molecule has 6 heteroatoms. The second-order valence-electron chi connectivity index (χ2n) is 3.36. The van der Waals surface area contributed by atoms with Gasteiger partial charge in [-0.3, -0.25) is 14.4 Å². The third-order valence-electron chi connectivity index (χ3n) is 2.19. The summed E-state index contributed by atoms with van der Waals surface area (Å²) in [5.74, 6) is -3.70. The molecule has 0 bridgehead atoms. The quantitative estimate of drug-likeness (QED) is 0.515. The molecule has 0 N–H and O–H groups in total. The largest absolute Gasteiger partial charge is 0.335 e. The first-order valence-corrected chi connectivity index (χ1v) is 4.73. The van der Waals surface area contributed by atoms with Gasteiger partial charge in [0.15, 0.2) is 0 Å². The molecule has 0 fully saturated rings. The van der Waals surface area contributed by atoms with Gasteiger partial charge < -0.3 is 4.84 Å². The summed E-state index contributed by atoms with van der Waals surface area (Å²) >= 11 is 0. The van der Waals surface area contributed by atoms with Gasteiger partial charge in [-0.25, -0.2) is 4.79 Å². The van der Waals surface area contributed by atoms with Crippen LogP contribution < -0.4 is 0 Å². The molecule has 0 spiro atoms. The number of imide groups is 1. The van der Waals surface area contributed by atoms with Gasteiger partial charge in [-0.2, -0.15) is 0 Å². The van der Waals surface area contributed by atoms with Gasteiger partial charge in [-0.1, -0.05) is 23.3 Å². The molecule has 1 aromatic carbocycles. The number of hydrogen-bond acceptors (Lipinski definition) is 5. The summed E-state index contributed by atoms with van der Waals surface area (Å²) in [6.07, 6.45) is 0. The molecule has 2 amide bonds. The molecule has 0 atom stereocenters. The van der Waals surface area contributed by atoms with E-state index in [-0.39, 0.29) is 16.2 Å². The van der Waals surface area contributed by atoms with E-state index in [2.05, 4.69) is 4.84 Å². The SMILES string of the molecule is CC(=O)ON1C(=O)C(=O)c2ccccc2C1=O. The van der Waals surface area contributed by atoms with Crippen molar-refractivity contribution in [1.29, 1.82) is 0 Å². The van der Waals surface area contributed by atoms with Gasteiger partial charge >= 0.3 is 11.9 Å². The Bertz CT molecular complexity index is 549. The summed E-state index contributed by atoms with van der Waals surface area (Å²) in [6.45, 7) is 1.03. The maximum absolute atomic E-state index is 11.8. The molecule has 86 valence electrons. The first kappa shape index (κ1) is 11.0. The highest BCUT2D eigenvalue weighted by molar-refractivity contribution is 6.48. The maximum Gasteiger partial charge on any atom is 0.335 e. The van der Waals surface area contributed by atoms with E-state index in [1.165, 1.54) is 12.1 Å². The second-order valence-corrected chi connectivity index (χ2v) is 3.36. The molecule has 1 aromatic rings. The fourth-order valence-electron chi connectivity index (χ4n) is 1.49. The number of hydrogen-bond donors (Lipinski definition) is 0. The number of rotatable bonds is 1. The Morgan fingerprint density at radius 3 is 2.24 bits per heavy atom. The van der Waals surface area contributed by atoms with Crippen LogP contribution >= 0.6 is 0 Å². The van der Waals surface area contributed by atoms with Gasteiger partial charge in [0.05, 0.1) is 5.56 Å². The van der Waals surface area contributed by atoms with E-state index >= 15 is 0 Å². The Kier molecular flexibility index (Phi) is 2.47. The number of nitrogens with zero attached hydrogens (tertiary/aromatic N) is 1. The third-order valence-corrected chi connectivity index (χ3v) is 2.19. The topological polar surface area (TPSA) is 80.8 Å². The van der Waals surface area contributed by atoms with Crippen LogP contribution in [0.4, 0.5) is 0 Å². The number of ketones is 1. The molecule has 2 rings (SSSR count). The van der Waals surface area contributed by atoms with Crippen LogP contribution in [0.5, 0.6) is 0 Å². The molecule has 0 aromatic heterocycles. The van der Waals surface area contributed by atoms with Crippen molar-refractivity contribution in [3.63, 3.8) is 0 Å². The van der Waals surface area contributed by atoms with Crippen LogP contribution in [0.1, 0.15) is 27.6 Å².